The van der Waals surface area contributed by atoms with Crippen molar-refractivity contribution in [2.75, 3.05) is 7.11 Å². The molecular formula is C15H18O2. The fourth-order valence-corrected chi connectivity index (χ4v) is 2.14. The Balaban J connectivity index is 2.15. The number of carbonyl (C=O) groups excluding carboxylic acids is 1. The Morgan fingerprint density at radius 2 is 2.00 bits per heavy atom. The fourth-order valence-electron chi connectivity index (χ4n) is 2.14. The SMILES string of the molecule is COc1ccc(/C=C2/CCC(C)CC2=O)cc1. The van der Waals surface area contributed by atoms with Gasteiger partial charge in [-0.25, -0.2) is 0 Å². The lowest BCUT2D eigenvalue weighted by Gasteiger charge is -2.18. The Labute approximate surface area is 102 Å². The molecule has 17 heavy (non-hydrogen) atoms. The summed E-state index contributed by atoms with van der Waals surface area (Å²) in [6.45, 7) is 2.14. The largest absolute Gasteiger partial charge is 0.497 e. The van der Waals surface area contributed by atoms with E-state index in [0.717, 1.165) is 29.7 Å². The Kier molecular flexibility index (Phi) is 3.62. The van der Waals surface area contributed by atoms with Crippen LogP contribution in [0.15, 0.2) is 29.8 Å². The Hall–Kier alpha value is -1.57. The maximum Gasteiger partial charge on any atom is 0.159 e. The van der Waals surface area contributed by atoms with Crippen LogP contribution < -0.4 is 4.74 Å². The molecule has 1 unspecified atom stereocenters. The predicted molar refractivity (Wildman–Crippen MR) is 69.0 cm³/mol. The quantitative estimate of drug-likeness (QED) is 0.727. The molecule has 2 heteroatoms. The van der Waals surface area contributed by atoms with Crippen molar-refractivity contribution in [2.24, 2.45) is 5.92 Å². The molecule has 1 fully saturated rings. The summed E-state index contributed by atoms with van der Waals surface area (Å²) < 4.78 is 5.11. The molecule has 0 spiro atoms. The van der Waals surface area contributed by atoms with Gasteiger partial charge in [0.05, 0.1) is 7.11 Å². The number of hydrogen-bond donors (Lipinski definition) is 0. The molecule has 0 N–H and O–H groups in total. The number of rotatable bonds is 2. The van der Waals surface area contributed by atoms with Crippen LogP contribution in [0.3, 0.4) is 0 Å². The standard InChI is InChI=1S/C15H18O2/c1-11-3-6-13(15(16)9-11)10-12-4-7-14(17-2)8-5-12/h4-5,7-8,10-11H,3,6,9H2,1-2H3/b13-10-. The van der Waals surface area contributed by atoms with Gasteiger partial charge < -0.3 is 4.74 Å². The van der Waals surface area contributed by atoms with Crippen LogP contribution in [-0.2, 0) is 4.79 Å². The molecule has 1 aliphatic rings. The van der Waals surface area contributed by atoms with Gasteiger partial charge in [-0.1, -0.05) is 19.1 Å². The summed E-state index contributed by atoms with van der Waals surface area (Å²) in [6.07, 6.45) is 4.73. The molecule has 1 saturated carbocycles. The zero-order chi connectivity index (χ0) is 12.3. The molecule has 2 nitrogen and oxygen atoms in total. The van der Waals surface area contributed by atoms with Crippen molar-refractivity contribution in [2.45, 2.75) is 26.2 Å². The van der Waals surface area contributed by atoms with Gasteiger partial charge in [0.15, 0.2) is 5.78 Å². The second-order valence-electron chi connectivity index (χ2n) is 4.71. The Bertz CT molecular complexity index is 429. The molecule has 1 aliphatic carbocycles. The first-order chi connectivity index (χ1) is 8.19. The maximum atomic E-state index is 11.8. The van der Waals surface area contributed by atoms with Crippen LogP contribution in [0.4, 0.5) is 0 Å². The Morgan fingerprint density at radius 3 is 2.59 bits per heavy atom. The fraction of sp³-hybridized carbons (Fsp3) is 0.400. The van der Waals surface area contributed by atoms with E-state index in [0.29, 0.717) is 18.1 Å². The van der Waals surface area contributed by atoms with E-state index >= 15 is 0 Å². The number of ketones is 1. The van der Waals surface area contributed by atoms with E-state index in [2.05, 4.69) is 6.92 Å². The van der Waals surface area contributed by atoms with Gasteiger partial charge in [-0.3, -0.25) is 4.79 Å². The average molecular weight is 230 g/mol. The lowest BCUT2D eigenvalue weighted by molar-refractivity contribution is -0.117. The van der Waals surface area contributed by atoms with Crippen LogP contribution in [0.5, 0.6) is 5.75 Å². The smallest absolute Gasteiger partial charge is 0.159 e. The van der Waals surface area contributed by atoms with Crippen molar-refractivity contribution >= 4 is 11.9 Å². The minimum atomic E-state index is 0.305. The first-order valence-corrected chi connectivity index (χ1v) is 6.07. The minimum absolute atomic E-state index is 0.305. The van der Waals surface area contributed by atoms with Crippen LogP contribution in [0.2, 0.25) is 0 Å². The zero-order valence-corrected chi connectivity index (χ0v) is 10.4. The lowest BCUT2D eigenvalue weighted by Crippen LogP contribution is -2.15. The summed E-state index contributed by atoms with van der Waals surface area (Å²) in [5, 5.41) is 0. The summed E-state index contributed by atoms with van der Waals surface area (Å²) in [7, 11) is 1.65. The van der Waals surface area contributed by atoms with Gasteiger partial charge >= 0.3 is 0 Å². The van der Waals surface area contributed by atoms with Crippen molar-refractivity contribution in [3.8, 4) is 5.75 Å². The van der Waals surface area contributed by atoms with Gasteiger partial charge in [-0.2, -0.15) is 0 Å². The highest BCUT2D eigenvalue weighted by molar-refractivity contribution is 6.00. The zero-order valence-electron chi connectivity index (χ0n) is 10.4. The second-order valence-corrected chi connectivity index (χ2v) is 4.71. The van der Waals surface area contributed by atoms with Crippen molar-refractivity contribution < 1.29 is 9.53 Å². The molecular weight excluding hydrogens is 212 g/mol. The van der Waals surface area contributed by atoms with Crippen molar-refractivity contribution in [3.63, 3.8) is 0 Å². The first kappa shape index (κ1) is 11.9. The minimum Gasteiger partial charge on any atom is -0.497 e. The number of benzene rings is 1. The highest BCUT2D eigenvalue weighted by Gasteiger charge is 2.20. The normalized spacial score (nSPS) is 22.8. The summed E-state index contributed by atoms with van der Waals surface area (Å²) in [4.78, 5) is 11.8. The molecule has 1 aromatic rings. The third kappa shape index (κ3) is 2.96. The molecule has 0 bridgehead atoms. The van der Waals surface area contributed by atoms with Crippen LogP contribution >= 0.6 is 0 Å². The number of ether oxygens (including phenoxy) is 1. The molecule has 0 heterocycles. The topological polar surface area (TPSA) is 26.3 Å². The van der Waals surface area contributed by atoms with E-state index in [4.69, 9.17) is 4.74 Å². The third-order valence-electron chi connectivity index (χ3n) is 3.26. The van der Waals surface area contributed by atoms with E-state index < -0.39 is 0 Å². The van der Waals surface area contributed by atoms with Crippen LogP contribution in [-0.4, -0.2) is 12.9 Å². The number of hydrogen-bond acceptors (Lipinski definition) is 2. The first-order valence-electron chi connectivity index (χ1n) is 6.07. The summed E-state index contributed by atoms with van der Waals surface area (Å²) in [5.41, 5.74) is 2.04. The van der Waals surface area contributed by atoms with Crippen LogP contribution in [0.25, 0.3) is 6.08 Å². The van der Waals surface area contributed by atoms with E-state index in [1.54, 1.807) is 7.11 Å². The summed E-state index contributed by atoms with van der Waals surface area (Å²) in [5.74, 6) is 1.69. The van der Waals surface area contributed by atoms with Gasteiger partial charge in [0.1, 0.15) is 5.75 Å². The monoisotopic (exact) mass is 230 g/mol. The molecule has 0 saturated heterocycles. The molecule has 0 aromatic heterocycles. The molecule has 1 atom stereocenters. The van der Waals surface area contributed by atoms with Crippen molar-refractivity contribution in [1.82, 2.24) is 0 Å². The van der Waals surface area contributed by atoms with Crippen LogP contribution in [0, 0.1) is 5.92 Å². The maximum absolute atomic E-state index is 11.8. The van der Waals surface area contributed by atoms with Gasteiger partial charge in [0.2, 0.25) is 0 Å². The molecule has 0 radical (unpaired) electrons. The average Bonchev–Trinajstić information content (AvgIpc) is 2.34. The van der Waals surface area contributed by atoms with Crippen molar-refractivity contribution in [3.05, 3.63) is 35.4 Å². The number of methoxy groups -OCH3 is 1. The van der Waals surface area contributed by atoms with E-state index in [-0.39, 0.29) is 0 Å². The van der Waals surface area contributed by atoms with Crippen molar-refractivity contribution in [1.29, 1.82) is 0 Å². The van der Waals surface area contributed by atoms with Gasteiger partial charge in [-0.15, -0.1) is 0 Å². The van der Waals surface area contributed by atoms with Crippen LogP contribution in [0.1, 0.15) is 31.7 Å². The lowest BCUT2D eigenvalue weighted by atomic mass is 9.85. The van der Waals surface area contributed by atoms with Gasteiger partial charge in [0, 0.05) is 6.42 Å². The van der Waals surface area contributed by atoms with Gasteiger partial charge in [0.25, 0.3) is 0 Å². The van der Waals surface area contributed by atoms with E-state index in [1.165, 1.54) is 0 Å². The molecule has 0 amide bonds. The highest BCUT2D eigenvalue weighted by atomic mass is 16.5. The van der Waals surface area contributed by atoms with Gasteiger partial charge in [-0.05, 0) is 48.1 Å². The second kappa shape index (κ2) is 5.17. The van der Waals surface area contributed by atoms with E-state index in [9.17, 15) is 4.79 Å². The molecule has 2 rings (SSSR count). The molecule has 90 valence electrons. The Morgan fingerprint density at radius 1 is 1.29 bits per heavy atom. The summed E-state index contributed by atoms with van der Waals surface area (Å²) in [6, 6.07) is 7.80. The third-order valence-corrected chi connectivity index (χ3v) is 3.26. The van der Waals surface area contributed by atoms with E-state index in [1.807, 2.05) is 30.3 Å². The number of allylic oxidation sites excluding steroid dienone is 1. The number of carbonyl (C=O) groups is 1. The number of Topliss-reactive ketones (excluding diaryl/α,β-unsaturated/α-hetero) is 1. The predicted octanol–water partition coefficient (Wildman–Crippen LogP) is 3.47. The summed E-state index contributed by atoms with van der Waals surface area (Å²) >= 11 is 0. The molecule has 0 aliphatic heterocycles. The highest BCUT2D eigenvalue weighted by Crippen LogP contribution is 2.26. The molecule has 1 aromatic carbocycles.